The Bertz CT molecular complexity index is 387. The minimum absolute atomic E-state index is 0.187. The topological polar surface area (TPSA) is 40.5 Å². The SMILES string of the molecule is CCc1cccc2c1CN(C(=O)CO)C2. The van der Waals surface area contributed by atoms with Crippen molar-refractivity contribution in [3.8, 4) is 0 Å². The van der Waals surface area contributed by atoms with E-state index in [1.54, 1.807) is 4.90 Å². The first-order valence-corrected chi connectivity index (χ1v) is 5.24. The van der Waals surface area contributed by atoms with Crippen molar-refractivity contribution in [1.29, 1.82) is 0 Å². The molecule has 1 aromatic carbocycles. The molecule has 0 spiro atoms. The Kier molecular flexibility index (Phi) is 2.73. The number of nitrogens with zero attached hydrogens (tertiary/aromatic N) is 1. The van der Waals surface area contributed by atoms with E-state index in [0.29, 0.717) is 13.1 Å². The van der Waals surface area contributed by atoms with Crippen molar-refractivity contribution in [1.82, 2.24) is 4.90 Å². The number of aliphatic hydroxyl groups is 1. The van der Waals surface area contributed by atoms with Crippen LogP contribution in [0.3, 0.4) is 0 Å². The van der Waals surface area contributed by atoms with Crippen LogP contribution in [0.2, 0.25) is 0 Å². The van der Waals surface area contributed by atoms with Crippen LogP contribution in [0.25, 0.3) is 0 Å². The first-order chi connectivity index (χ1) is 7.26. The van der Waals surface area contributed by atoms with Crippen LogP contribution in [0.15, 0.2) is 18.2 Å². The van der Waals surface area contributed by atoms with Crippen molar-refractivity contribution in [3.63, 3.8) is 0 Å². The Balaban J connectivity index is 2.26. The van der Waals surface area contributed by atoms with Gasteiger partial charge in [-0.25, -0.2) is 0 Å². The highest BCUT2D eigenvalue weighted by molar-refractivity contribution is 5.78. The minimum atomic E-state index is -0.393. The number of hydrogen-bond acceptors (Lipinski definition) is 2. The molecule has 3 heteroatoms. The largest absolute Gasteiger partial charge is 0.387 e. The van der Waals surface area contributed by atoms with E-state index >= 15 is 0 Å². The second kappa shape index (κ2) is 4.03. The molecule has 1 N–H and O–H groups in total. The number of rotatable bonds is 2. The number of aryl methyl sites for hydroxylation is 1. The van der Waals surface area contributed by atoms with E-state index in [1.807, 2.05) is 6.07 Å². The molecular formula is C12H15NO2. The summed E-state index contributed by atoms with van der Waals surface area (Å²) in [5.74, 6) is -0.187. The fourth-order valence-corrected chi connectivity index (χ4v) is 2.10. The molecule has 0 radical (unpaired) electrons. The Morgan fingerprint density at radius 3 is 2.93 bits per heavy atom. The number of hydrogen-bond donors (Lipinski definition) is 1. The maximum absolute atomic E-state index is 11.4. The number of benzene rings is 1. The van der Waals surface area contributed by atoms with Gasteiger partial charge in [-0.2, -0.15) is 0 Å². The molecule has 0 bridgehead atoms. The molecule has 0 saturated carbocycles. The molecule has 1 amide bonds. The average molecular weight is 205 g/mol. The molecule has 1 aliphatic heterocycles. The van der Waals surface area contributed by atoms with Gasteiger partial charge < -0.3 is 10.0 Å². The molecule has 0 aliphatic carbocycles. The lowest BCUT2D eigenvalue weighted by Crippen LogP contribution is -2.27. The predicted octanol–water partition coefficient (Wildman–Crippen LogP) is 1.08. The number of carbonyl (C=O) groups excluding carboxylic acids is 1. The van der Waals surface area contributed by atoms with Gasteiger partial charge in [0.25, 0.3) is 0 Å². The number of amides is 1. The van der Waals surface area contributed by atoms with Crippen molar-refractivity contribution in [3.05, 3.63) is 34.9 Å². The molecule has 0 unspecified atom stereocenters. The fourth-order valence-electron chi connectivity index (χ4n) is 2.10. The van der Waals surface area contributed by atoms with Crippen LogP contribution < -0.4 is 0 Å². The van der Waals surface area contributed by atoms with Gasteiger partial charge in [-0.05, 0) is 23.1 Å². The lowest BCUT2D eigenvalue weighted by molar-refractivity contribution is -0.134. The standard InChI is InChI=1S/C12H15NO2/c1-2-9-4-3-5-10-6-13(7-11(9)10)12(15)8-14/h3-5,14H,2,6-8H2,1H3. The van der Waals surface area contributed by atoms with Crippen LogP contribution >= 0.6 is 0 Å². The van der Waals surface area contributed by atoms with Gasteiger partial charge in [-0.15, -0.1) is 0 Å². The number of fused-ring (bicyclic) bond motifs is 1. The summed E-state index contributed by atoms with van der Waals surface area (Å²) in [6.45, 7) is 3.02. The summed E-state index contributed by atoms with van der Waals surface area (Å²) in [6.07, 6.45) is 0.990. The molecule has 2 rings (SSSR count). The quantitative estimate of drug-likeness (QED) is 0.785. The normalized spacial score (nSPS) is 14.1. The molecule has 1 aromatic rings. The zero-order valence-electron chi connectivity index (χ0n) is 8.86. The molecule has 0 aromatic heterocycles. The molecule has 15 heavy (non-hydrogen) atoms. The van der Waals surface area contributed by atoms with Gasteiger partial charge in [0.15, 0.2) is 0 Å². The second-order valence-corrected chi connectivity index (χ2v) is 3.82. The summed E-state index contributed by atoms with van der Waals surface area (Å²) in [4.78, 5) is 13.1. The summed E-state index contributed by atoms with van der Waals surface area (Å²) in [7, 11) is 0. The Morgan fingerprint density at radius 1 is 1.47 bits per heavy atom. The van der Waals surface area contributed by atoms with Crippen LogP contribution in [-0.4, -0.2) is 22.5 Å². The molecule has 1 aliphatic rings. The Hall–Kier alpha value is -1.35. The first kappa shape index (κ1) is 10.2. The zero-order valence-corrected chi connectivity index (χ0v) is 8.86. The van der Waals surface area contributed by atoms with Crippen molar-refractivity contribution in [2.24, 2.45) is 0 Å². The Morgan fingerprint density at radius 2 is 2.27 bits per heavy atom. The van der Waals surface area contributed by atoms with Crippen LogP contribution in [0.1, 0.15) is 23.6 Å². The van der Waals surface area contributed by atoms with Gasteiger partial charge in [0.1, 0.15) is 6.61 Å². The van der Waals surface area contributed by atoms with E-state index in [-0.39, 0.29) is 5.91 Å². The van der Waals surface area contributed by atoms with Gasteiger partial charge in [-0.3, -0.25) is 4.79 Å². The molecule has 1 heterocycles. The summed E-state index contributed by atoms with van der Waals surface area (Å²) in [5.41, 5.74) is 3.79. The maximum Gasteiger partial charge on any atom is 0.248 e. The highest BCUT2D eigenvalue weighted by Crippen LogP contribution is 2.26. The van der Waals surface area contributed by atoms with Crippen LogP contribution in [0.5, 0.6) is 0 Å². The van der Waals surface area contributed by atoms with Crippen molar-refractivity contribution in [2.45, 2.75) is 26.4 Å². The lowest BCUT2D eigenvalue weighted by Gasteiger charge is -2.13. The molecular weight excluding hydrogens is 190 g/mol. The van der Waals surface area contributed by atoms with Crippen LogP contribution in [-0.2, 0) is 24.3 Å². The van der Waals surface area contributed by atoms with Crippen LogP contribution in [0, 0.1) is 0 Å². The van der Waals surface area contributed by atoms with Crippen molar-refractivity contribution >= 4 is 5.91 Å². The van der Waals surface area contributed by atoms with Gasteiger partial charge in [0.2, 0.25) is 5.91 Å². The van der Waals surface area contributed by atoms with E-state index in [4.69, 9.17) is 5.11 Å². The summed E-state index contributed by atoms with van der Waals surface area (Å²) in [6, 6.07) is 6.19. The van der Waals surface area contributed by atoms with Crippen LogP contribution in [0.4, 0.5) is 0 Å². The minimum Gasteiger partial charge on any atom is -0.387 e. The van der Waals surface area contributed by atoms with E-state index in [0.717, 1.165) is 6.42 Å². The van der Waals surface area contributed by atoms with Gasteiger partial charge in [0, 0.05) is 13.1 Å². The molecule has 3 nitrogen and oxygen atoms in total. The zero-order chi connectivity index (χ0) is 10.8. The van der Waals surface area contributed by atoms with Gasteiger partial charge in [0.05, 0.1) is 0 Å². The highest BCUT2D eigenvalue weighted by atomic mass is 16.3. The van der Waals surface area contributed by atoms with Gasteiger partial charge in [-0.1, -0.05) is 25.1 Å². The smallest absolute Gasteiger partial charge is 0.248 e. The molecule has 80 valence electrons. The maximum atomic E-state index is 11.4. The summed E-state index contributed by atoms with van der Waals surface area (Å²) in [5, 5.41) is 8.81. The molecule has 0 fully saturated rings. The monoisotopic (exact) mass is 205 g/mol. The highest BCUT2D eigenvalue weighted by Gasteiger charge is 2.23. The van der Waals surface area contributed by atoms with E-state index in [1.165, 1.54) is 16.7 Å². The lowest BCUT2D eigenvalue weighted by atomic mass is 10.0. The van der Waals surface area contributed by atoms with Gasteiger partial charge >= 0.3 is 0 Å². The first-order valence-electron chi connectivity index (χ1n) is 5.24. The van der Waals surface area contributed by atoms with Crippen molar-refractivity contribution in [2.75, 3.05) is 6.61 Å². The average Bonchev–Trinajstić information content (AvgIpc) is 2.71. The Labute approximate surface area is 89.3 Å². The van der Waals surface area contributed by atoms with E-state index < -0.39 is 6.61 Å². The molecule has 0 saturated heterocycles. The predicted molar refractivity (Wildman–Crippen MR) is 57.2 cm³/mol. The fraction of sp³-hybridized carbons (Fsp3) is 0.417. The second-order valence-electron chi connectivity index (χ2n) is 3.82. The van der Waals surface area contributed by atoms with E-state index in [9.17, 15) is 4.79 Å². The number of carbonyl (C=O) groups is 1. The van der Waals surface area contributed by atoms with Crippen molar-refractivity contribution < 1.29 is 9.90 Å². The molecule has 0 atom stereocenters. The number of aliphatic hydroxyl groups excluding tert-OH is 1. The summed E-state index contributed by atoms with van der Waals surface area (Å²) >= 11 is 0. The van der Waals surface area contributed by atoms with E-state index in [2.05, 4.69) is 19.1 Å². The third kappa shape index (κ3) is 1.75. The summed E-state index contributed by atoms with van der Waals surface area (Å²) < 4.78 is 0. The third-order valence-electron chi connectivity index (χ3n) is 2.95. The third-order valence-corrected chi connectivity index (χ3v) is 2.95.